The van der Waals surface area contributed by atoms with E-state index in [4.69, 9.17) is 9.47 Å². The highest BCUT2D eigenvalue weighted by molar-refractivity contribution is 5.88. The number of nitrogens with zero attached hydrogens (tertiary/aromatic N) is 1. The quantitative estimate of drug-likeness (QED) is 0.634. The first-order valence-corrected chi connectivity index (χ1v) is 10.1. The number of amides is 1. The van der Waals surface area contributed by atoms with Gasteiger partial charge in [-0.25, -0.2) is 0 Å². The van der Waals surface area contributed by atoms with Crippen molar-refractivity contribution in [3.05, 3.63) is 77.9 Å². The lowest BCUT2D eigenvalue weighted by atomic mass is 9.95. The second-order valence-corrected chi connectivity index (χ2v) is 7.78. The molecule has 2 unspecified atom stereocenters. The van der Waals surface area contributed by atoms with Crippen LogP contribution in [0.2, 0.25) is 0 Å². The van der Waals surface area contributed by atoms with Crippen LogP contribution in [0.5, 0.6) is 5.75 Å². The minimum Gasteiger partial charge on any atom is -0.497 e. The molecule has 4 nitrogen and oxygen atoms in total. The summed E-state index contributed by atoms with van der Waals surface area (Å²) in [7, 11) is 1.67. The number of fused-ring (bicyclic) bond motifs is 1. The lowest BCUT2D eigenvalue weighted by molar-refractivity contribution is -0.146. The van der Waals surface area contributed by atoms with E-state index >= 15 is 0 Å². The van der Waals surface area contributed by atoms with Crippen molar-refractivity contribution in [2.45, 2.75) is 32.0 Å². The highest BCUT2D eigenvalue weighted by atomic mass is 16.5. The van der Waals surface area contributed by atoms with Crippen molar-refractivity contribution in [3.63, 3.8) is 0 Å². The van der Waals surface area contributed by atoms with E-state index in [0.29, 0.717) is 13.1 Å². The molecule has 4 rings (SSSR count). The number of ether oxygens (including phenoxy) is 2. The lowest BCUT2D eigenvalue weighted by Gasteiger charge is -2.38. The highest BCUT2D eigenvalue weighted by Gasteiger charge is 2.31. The first-order chi connectivity index (χ1) is 14.0. The van der Waals surface area contributed by atoms with Crippen LogP contribution in [0.15, 0.2) is 66.7 Å². The van der Waals surface area contributed by atoms with E-state index in [-0.39, 0.29) is 24.0 Å². The Hall–Kier alpha value is -2.85. The van der Waals surface area contributed by atoms with Crippen LogP contribution in [0.4, 0.5) is 0 Å². The van der Waals surface area contributed by atoms with E-state index in [1.165, 1.54) is 0 Å². The molecule has 3 atom stereocenters. The number of carbonyl (C=O) groups is 1. The largest absolute Gasteiger partial charge is 0.497 e. The molecule has 3 aromatic rings. The Morgan fingerprint density at radius 2 is 1.76 bits per heavy atom. The van der Waals surface area contributed by atoms with Crippen LogP contribution in [0.1, 0.15) is 37.0 Å². The minimum atomic E-state index is -0.205. The van der Waals surface area contributed by atoms with Gasteiger partial charge in [0.1, 0.15) is 11.9 Å². The summed E-state index contributed by atoms with van der Waals surface area (Å²) in [6.45, 7) is 5.23. The van der Waals surface area contributed by atoms with Crippen molar-refractivity contribution in [1.82, 2.24) is 4.90 Å². The number of methoxy groups -OCH3 is 1. The molecule has 150 valence electrons. The molecule has 0 spiro atoms. The third kappa shape index (κ3) is 4.13. The summed E-state index contributed by atoms with van der Waals surface area (Å²) >= 11 is 0. The maximum absolute atomic E-state index is 13.3. The van der Waals surface area contributed by atoms with E-state index in [0.717, 1.165) is 27.6 Å². The van der Waals surface area contributed by atoms with E-state index in [2.05, 4.69) is 24.3 Å². The molecule has 1 aliphatic heterocycles. The van der Waals surface area contributed by atoms with Crippen LogP contribution >= 0.6 is 0 Å². The van der Waals surface area contributed by atoms with Gasteiger partial charge in [0, 0.05) is 6.54 Å². The first-order valence-electron chi connectivity index (χ1n) is 10.1. The molecule has 0 bridgehead atoms. The second-order valence-electron chi connectivity index (χ2n) is 7.78. The number of rotatable bonds is 4. The molecule has 4 heteroatoms. The summed E-state index contributed by atoms with van der Waals surface area (Å²) in [6, 6.07) is 22.4. The summed E-state index contributed by atoms with van der Waals surface area (Å²) in [4.78, 5) is 15.3. The van der Waals surface area contributed by atoms with Crippen LogP contribution < -0.4 is 4.74 Å². The Morgan fingerprint density at radius 3 is 2.52 bits per heavy atom. The number of hydrogen-bond donors (Lipinski definition) is 0. The molecular formula is C25H27NO3. The Balaban J connectivity index is 1.54. The second kappa shape index (κ2) is 8.26. The van der Waals surface area contributed by atoms with Gasteiger partial charge in [0.2, 0.25) is 5.91 Å². The summed E-state index contributed by atoms with van der Waals surface area (Å²) in [6.07, 6.45) is -0.0747. The van der Waals surface area contributed by atoms with Crippen molar-refractivity contribution in [2.24, 2.45) is 0 Å². The average molecular weight is 389 g/mol. The van der Waals surface area contributed by atoms with Crippen LogP contribution in [0.3, 0.4) is 0 Å². The highest BCUT2D eigenvalue weighted by Crippen LogP contribution is 2.29. The summed E-state index contributed by atoms with van der Waals surface area (Å²) in [5, 5.41) is 2.22. The maximum atomic E-state index is 13.3. The molecule has 1 heterocycles. The van der Waals surface area contributed by atoms with Crippen LogP contribution in [0.25, 0.3) is 10.8 Å². The van der Waals surface area contributed by atoms with E-state index < -0.39 is 0 Å². The van der Waals surface area contributed by atoms with Crippen LogP contribution in [0, 0.1) is 0 Å². The molecule has 0 aliphatic carbocycles. The van der Waals surface area contributed by atoms with Gasteiger partial charge in [0.05, 0.1) is 25.7 Å². The standard InChI is InChI=1S/C25H27NO3/c1-17-15-26(16-24(29-17)19-7-5-4-6-8-19)25(27)18(2)20-9-10-22-14-23(28-3)12-11-21(22)13-20/h4-14,17-18,24H,15-16H2,1-3H3/t17?,18-,24?/m0/s1. The predicted molar refractivity (Wildman–Crippen MR) is 115 cm³/mol. The van der Waals surface area contributed by atoms with Crippen molar-refractivity contribution in [1.29, 1.82) is 0 Å². The maximum Gasteiger partial charge on any atom is 0.230 e. The van der Waals surface area contributed by atoms with Gasteiger partial charge in [0.15, 0.2) is 0 Å². The number of benzene rings is 3. The van der Waals surface area contributed by atoms with Crippen molar-refractivity contribution >= 4 is 16.7 Å². The molecule has 1 amide bonds. The van der Waals surface area contributed by atoms with Gasteiger partial charge >= 0.3 is 0 Å². The third-order valence-corrected chi connectivity index (χ3v) is 5.69. The lowest BCUT2D eigenvalue weighted by Crippen LogP contribution is -2.47. The monoisotopic (exact) mass is 389 g/mol. The van der Waals surface area contributed by atoms with Crippen molar-refractivity contribution < 1.29 is 14.3 Å². The van der Waals surface area contributed by atoms with Gasteiger partial charge in [-0.05, 0) is 47.9 Å². The van der Waals surface area contributed by atoms with E-state index in [1.54, 1.807) is 7.11 Å². The van der Waals surface area contributed by atoms with Gasteiger partial charge < -0.3 is 14.4 Å². The Morgan fingerprint density at radius 1 is 1.03 bits per heavy atom. The van der Waals surface area contributed by atoms with Gasteiger partial charge in [-0.1, -0.05) is 54.6 Å². The Labute approximate surface area is 172 Å². The molecule has 0 aromatic heterocycles. The van der Waals surface area contributed by atoms with Crippen molar-refractivity contribution in [2.75, 3.05) is 20.2 Å². The minimum absolute atomic E-state index is 0.00849. The first kappa shape index (κ1) is 19.5. The number of carbonyl (C=O) groups excluding carboxylic acids is 1. The molecule has 0 radical (unpaired) electrons. The predicted octanol–water partition coefficient (Wildman–Crippen LogP) is 4.94. The number of hydrogen-bond acceptors (Lipinski definition) is 3. The fraction of sp³-hybridized carbons (Fsp3) is 0.320. The zero-order chi connectivity index (χ0) is 20.4. The Kier molecular flexibility index (Phi) is 5.54. The zero-order valence-corrected chi connectivity index (χ0v) is 17.2. The SMILES string of the molecule is COc1ccc2cc([C@H](C)C(=O)N3CC(C)OC(c4ccccc4)C3)ccc2c1. The molecule has 1 aliphatic rings. The molecular weight excluding hydrogens is 362 g/mol. The molecule has 3 aromatic carbocycles. The van der Waals surface area contributed by atoms with Crippen molar-refractivity contribution in [3.8, 4) is 5.75 Å². The van der Waals surface area contributed by atoms with E-state index in [1.807, 2.05) is 61.2 Å². The fourth-order valence-electron chi connectivity index (χ4n) is 4.04. The Bertz CT molecular complexity index is 1000. The van der Waals surface area contributed by atoms with Gasteiger partial charge in [0.25, 0.3) is 0 Å². The van der Waals surface area contributed by atoms with Crippen LogP contribution in [-0.2, 0) is 9.53 Å². The van der Waals surface area contributed by atoms with Gasteiger partial charge in [-0.2, -0.15) is 0 Å². The average Bonchev–Trinajstić information content (AvgIpc) is 2.77. The zero-order valence-electron chi connectivity index (χ0n) is 17.2. The summed E-state index contributed by atoms with van der Waals surface area (Å²) in [5.74, 6) is 0.779. The van der Waals surface area contributed by atoms with Gasteiger partial charge in [-0.15, -0.1) is 0 Å². The smallest absolute Gasteiger partial charge is 0.230 e. The molecule has 0 saturated carbocycles. The third-order valence-electron chi connectivity index (χ3n) is 5.69. The fourth-order valence-corrected chi connectivity index (χ4v) is 4.04. The van der Waals surface area contributed by atoms with E-state index in [9.17, 15) is 4.79 Å². The normalized spacial score (nSPS) is 20.4. The molecule has 29 heavy (non-hydrogen) atoms. The molecule has 1 saturated heterocycles. The molecule has 1 fully saturated rings. The van der Waals surface area contributed by atoms with Gasteiger partial charge in [-0.3, -0.25) is 4.79 Å². The topological polar surface area (TPSA) is 38.8 Å². The summed E-state index contributed by atoms with van der Waals surface area (Å²) in [5.41, 5.74) is 2.15. The number of morpholine rings is 1. The molecule has 0 N–H and O–H groups in total. The summed E-state index contributed by atoms with van der Waals surface area (Å²) < 4.78 is 11.4. The van der Waals surface area contributed by atoms with Crippen LogP contribution in [-0.4, -0.2) is 37.1 Å².